The molecule has 3 unspecified atom stereocenters. The summed E-state index contributed by atoms with van der Waals surface area (Å²) in [7, 11) is 0. The number of hydrogen-bond donors (Lipinski definition) is 0. The zero-order valence-corrected chi connectivity index (χ0v) is 19.9. The van der Waals surface area contributed by atoms with Crippen LogP contribution in [0.5, 0.6) is 5.75 Å². The molecule has 1 aromatic carbocycles. The number of rotatable bonds is 8. The van der Waals surface area contributed by atoms with Gasteiger partial charge in [-0.15, -0.1) is 0 Å². The average Bonchev–Trinajstić information content (AvgIpc) is 3.19. The molecule has 0 bridgehead atoms. The second-order valence-corrected chi connectivity index (χ2v) is 9.30. The summed E-state index contributed by atoms with van der Waals surface area (Å²) in [6.45, 7) is 6.85. The Morgan fingerprint density at radius 3 is 2.67 bits per heavy atom. The summed E-state index contributed by atoms with van der Waals surface area (Å²) >= 11 is 0. The molecule has 1 saturated carbocycles. The molecular weight excluding hydrogens is 422 g/mol. The third-order valence-electron chi connectivity index (χ3n) is 6.27. The van der Waals surface area contributed by atoms with Crippen LogP contribution in [0, 0.1) is 12.8 Å². The molecule has 3 atom stereocenters. The van der Waals surface area contributed by atoms with Gasteiger partial charge in [-0.05, 0) is 90.0 Å². The number of ether oxygens (including phenoxy) is 4. The van der Waals surface area contributed by atoms with Gasteiger partial charge >= 0.3 is 5.97 Å². The van der Waals surface area contributed by atoms with Gasteiger partial charge < -0.3 is 23.5 Å². The molecule has 1 aliphatic heterocycles. The van der Waals surface area contributed by atoms with E-state index in [1.807, 2.05) is 45.0 Å². The fraction of sp³-hybridized carbons (Fsp3) is 0.615. The summed E-state index contributed by atoms with van der Waals surface area (Å²) < 4.78 is 28.8. The quantitative estimate of drug-likeness (QED) is 0.479. The Bertz CT molecular complexity index is 900. The molecule has 4 rings (SSSR count). The maximum absolute atomic E-state index is 12.3. The van der Waals surface area contributed by atoms with Gasteiger partial charge in [-0.1, -0.05) is 5.16 Å². The predicted molar refractivity (Wildman–Crippen MR) is 123 cm³/mol. The van der Waals surface area contributed by atoms with Crippen molar-refractivity contribution < 1.29 is 28.3 Å². The fourth-order valence-corrected chi connectivity index (χ4v) is 4.48. The summed E-state index contributed by atoms with van der Waals surface area (Å²) in [4.78, 5) is 12.3. The zero-order chi connectivity index (χ0) is 23.2. The summed E-state index contributed by atoms with van der Waals surface area (Å²) in [6.07, 6.45) is 6.38. The predicted octanol–water partition coefficient (Wildman–Crippen LogP) is 5.58. The third kappa shape index (κ3) is 6.36. The van der Waals surface area contributed by atoms with Crippen molar-refractivity contribution in [1.29, 1.82) is 0 Å². The van der Waals surface area contributed by atoms with E-state index in [2.05, 4.69) is 5.16 Å². The number of carbonyl (C=O) groups excluding carboxylic acids is 1. The van der Waals surface area contributed by atoms with Crippen molar-refractivity contribution in [3.05, 3.63) is 35.5 Å². The lowest BCUT2D eigenvalue weighted by Crippen LogP contribution is -2.31. The molecule has 0 N–H and O–H groups in total. The van der Waals surface area contributed by atoms with Crippen molar-refractivity contribution in [3.8, 4) is 17.1 Å². The number of hydrogen-bond acceptors (Lipinski definition) is 7. The minimum atomic E-state index is -0.159. The van der Waals surface area contributed by atoms with Crippen molar-refractivity contribution >= 4 is 5.97 Å². The van der Waals surface area contributed by atoms with Gasteiger partial charge in [0.2, 0.25) is 0 Å². The van der Waals surface area contributed by atoms with Gasteiger partial charge in [0.05, 0.1) is 30.4 Å². The third-order valence-corrected chi connectivity index (χ3v) is 6.27. The Balaban J connectivity index is 1.36. The van der Waals surface area contributed by atoms with Crippen LogP contribution in [0.25, 0.3) is 11.3 Å². The SMILES string of the molecule is Cc1noc(-c2ccc(OC3CCCC(C(=O)OC(C)C)C3)cc2)c1COC1CCCCO1. The molecule has 2 aromatic rings. The molecule has 0 spiro atoms. The molecular formula is C26H35NO6. The van der Waals surface area contributed by atoms with Crippen LogP contribution in [0.2, 0.25) is 0 Å². The Morgan fingerprint density at radius 2 is 1.94 bits per heavy atom. The molecule has 7 nitrogen and oxygen atoms in total. The Kier molecular flexibility index (Phi) is 8.04. The van der Waals surface area contributed by atoms with Crippen LogP contribution < -0.4 is 4.74 Å². The summed E-state index contributed by atoms with van der Waals surface area (Å²) in [5.41, 5.74) is 2.69. The smallest absolute Gasteiger partial charge is 0.309 e. The molecule has 180 valence electrons. The minimum absolute atomic E-state index is 0.0151. The number of aryl methyl sites for hydroxylation is 1. The second kappa shape index (κ2) is 11.2. The maximum Gasteiger partial charge on any atom is 0.309 e. The molecule has 1 aliphatic carbocycles. The van der Waals surface area contributed by atoms with Gasteiger partial charge in [-0.25, -0.2) is 0 Å². The molecule has 1 aromatic heterocycles. The number of aromatic nitrogens is 1. The van der Waals surface area contributed by atoms with E-state index in [-0.39, 0.29) is 30.4 Å². The van der Waals surface area contributed by atoms with E-state index in [4.69, 9.17) is 23.5 Å². The van der Waals surface area contributed by atoms with Crippen LogP contribution >= 0.6 is 0 Å². The minimum Gasteiger partial charge on any atom is -0.490 e. The highest BCUT2D eigenvalue weighted by atomic mass is 16.7. The normalized spacial score (nSPS) is 23.5. The lowest BCUT2D eigenvalue weighted by Gasteiger charge is -2.29. The van der Waals surface area contributed by atoms with Crippen LogP contribution in [0.1, 0.15) is 70.1 Å². The number of carbonyl (C=O) groups is 1. The van der Waals surface area contributed by atoms with E-state index in [0.717, 1.165) is 67.7 Å². The molecule has 1 saturated heterocycles. The molecule has 0 amide bonds. The van der Waals surface area contributed by atoms with Crippen molar-refractivity contribution in [2.45, 2.75) is 90.8 Å². The van der Waals surface area contributed by atoms with Gasteiger partial charge in [0, 0.05) is 17.7 Å². The number of esters is 1. The number of nitrogens with zero attached hydrogens (tertiary/aromatic N) is 1. The zero-order valence-electron chi connectivity index (χ0n) is 19.9. The molecule has 0 radical (unpaired) electrons. The first-order chi connectivity index (χ1) is 16.0. The van der Waals surface area contributed by atoms with Crippen LogP contribution in [0.3, 0.4) is 0 Å². The first kappa shape index (κ1) is 23.8. The monoisotopic (exact) mass is 457 g/mol. The summed E-state index contributed by atoms with van der Waals surface area (Å²) in [5, 5.41) is 4.15. The van der Waals surface area contributed by atoms with E-state index in [0.29, 0.717) is 18.8 Å². The van der Waals surface area contributed by atoms with Gasteiger partial charge in [0.25, 0.3) is 0 Å². The van der Waals surface area contributed by atoms with E-state index in [9.17, 15) is 4.79 Å². The first-order valence-corrected chi connectivity index (χ1v) is 12.2. The van der Waals surface area contributed by atoms with E-state index < -0.39 is 0 Å². The van der Waals surface area contributed by atoms with E-state index >= 15 is 0 Å². The summed E-state index contributed by atoms with van der Waals surface area (Å²) in [6, 6.07) is 7.84. The topological polar surface area (TPSA) is 80.0 Å². The van der Waals surface area contributed by atoms with Crippen LogP contribution in [0.4, 0.5) is 0 Å². The average molecular weight is 458 g/mol. The lowest BCUT2D eigenvalue weighted by molar-refractivity contribution is -0.168. The van der Waals surface area contributed by atoms with Crippen LogP contribution in [-0.4, -0.2) is 36.2 Å². The molecule has 2 heterocycles. The molecule has 2 aliphatic rings. The molecule has 33 heavy (non-hydrogen) atoms. The van der Waals surface area contributed by atoms with Gasteiger partial charge in [-0.3, -0.25) is 4.79 Å². The van der Waals surface area contributed by atoms with Crippen molar-refractivity contribution in [1.82, 2.24) is 5.16 Å². The molecule has 7 heteroatoms. The lowest BCUT2D eigenvalue weighted by atomic mass is 9.87. The Hall–Kier alpha value is -2.38. The van der Waals surface area contributed by atoms with Crippen LogP contribution in [0.15, 0.2) is 28.8 Å². The largest absolute Gasteiger partial charge is 0.490 e. The Labute approximate surface area is 195 Å². The van der Waals surface area contributed by atoms with Gasteiger partial charge in [0.15, 0.2) is 12.1 Å². The molecule has 2 fully saturated rings. The van der Waals surface area contributed by atoms with Gasteiger partial charge in [0.1, 0.15) is 5.75 Å². The van der Waals surface area contributed by atoms with Crippen molar-refractivity contribution in [2.75, 3.05) is 6.61 Å². The number of benzene rings is 1. The maximum atomic E-state index is 12.3. The first-order valence-electron chi connectivity index (χ1n) is 12.2. The Morgan fingerprint density at radius 1 is 1.12 bits per heavy atom. The van der Waals surface area contributed by atoms with Crippen molar-refractivity contribution in [2.24, 2.45) is 5.92 Å². The van der Waals surface area contributed by atoms with Gasteiger partial charge in [-0.2, -0.15) is 0 Å². The van der Waals surface area contributed by atoms with E-state index in [1.165, 1.54) is 0 Å². The standard InChI is InChI=1S/C26H35NO6/c1-17(2)31-26(28)20-7-6-8-22(15-20)32-21-12-10-19(11-13-21)25-23(18(3)27-33-25)16-30-24-9-4-5-14-29-24/h10-13,17,20,22,24H,4-9,14-16H2,1-3H3. The van der Waals surface area contributed by atoms with E-state index in [1.54, 1.807) is 0 Å². The van der Waals surface area contributed by atoms with Crippen LogP contribution in [-0.2, 0) is 25.6 Å². The second-order valence-electron chi connectivity index (χ2n) is 9.30. The highest BCUT2D eigenvalue weighted by Gasteiger charge is 2.30. The fourth-order valence-electron chi connectivity index (χ4n) is 4.48. The summed E-state index contributed by atoms with van der Waals surface area (Å²) in [5.74, 6) is 1.30. The highest BCUT2D eigenvalue weighted by Crippen LogP contribution is 2.32. The highest BCUT2D eigenvalue weighted by molar-refractivity contribution is 5.72. The van der Waals surface area contributed by atoms with Crippen molar-refractivity contribution in [3.63, 3.8) is 0 Å².